The molecule has 0 saturated carbocycles. The molecule has 0 aliphatic carbocycles. The summed E-state index contributed by atoms with van der Waals surface area (Å²) in [5.41, 5.74) is 2.81. The molecule has 0 amide bonds. The van der Waals surface area contributed by atoms with Crippen LogP contribution < -0.4 is 5.30 Å². The number of hydrogen-bond donors (Lipinski definition) is 0. The first-order valence-corrected chi connectivity index (χ1v) is 6.75. The van der Waals surface area contributed by atoms with E-state index in [1.807, 2.05) is 0 Å². The standard InChI is InChI=1S/C13H21P/c1-4-5-6-7-14-13-9-11(2)8-12(3)10-13/h8-10,14H,4-7H2,1-3H3. The number of benzene rings is 1. The van der Waals surface area contributed by atoms with Gasteiger partial charge < -0.3 is 0 Å². The first-order valence-electron chi connectivity index (χ1n) is 5.54. The molecule has 0 saturated heterocycles. The zero-order valence-corrected chi connectivity index (χ0v) is 10.6. The van der Waals surface area contributed by atoms with Crippen LogP contribution in [0.4, 0.5) is 0 Å². The molecule has 78 valence electrons. The van der Waals surface area contributed by atoms with E-state index in [2.05, 4.69) is 39.0 Å². The Kier molecular flexibility index (Phi) is 5.19. The van der Waals surface area contributed by atoms with Gasteiger partial charge in [0.1, 0.15) is 0 Å². The van der Waals surface area contributed by atoms with Gasteiger partial charge in [0.15, 0.2) is 0 Å². The molecule has 0 N–H and O–H groups in total. The Morgan fingerprint density at radius 3 is 2.21 bits per heavy atom. The van der Waals surface area contributed by atoms with E-state index in [0.717, 1.165) is 8.58 Å². The molecule has 0 aromatic heterocycles. The van der Waals surface area contributed by atoms with E-state index in [0.29, 0.717) is 0 Å². The predicted molar refractivity (Wildman–Crippen MR) is 68.3 cm³/mol. The normalized spacial score (nSPS) is 11.4. The molecule has 1 heteroatoms. The lowest BCUT2D eigenvalue weighted by atomic mass is 10.2. The van der Waals surface area contributed by atoms with Gasteiger partial charge in [0.2, 0.25) is 0 Å². The third kappa shape index (κ3) is 4.24. The maximum Gasteiger partial charge on any atom is -0.0266 e. The van der Waals surface area contributed by atoms with Crippen LogP contribution in [-0.4, -0.2) is 6.16 Å². The van der Waals surface area contributed by atoms with Crippen molar-refractivity contribution in [2.75, 3.05) is 6.16 Å². The van der Waals surface area contributed by atoms with Crippen molar-refractivity contribution in [2.45, 2.75) is 40.0 Å². The first-order chi connectivity index (χ1) is 6.72. The Labute approximate surface area is 89.9 Å². The van der Waals surface area contributed by atoms with Crippen molar-refractivity contribution in [3.63, 3.8) is 0 Å². The molecule has 1 atom stereocenters. The molecule has 1 unspecified atom stereocenters. The Morgan fingerprint density at radius 1 is 1.00 bits per heavy atom. The zero-order chi connectivity index (χ0) is 10.4. The third-order valence-corrected chi connectivity index (χ3v) is 3.63. The largest absolute Gasteiger partial charge is 0.0904 e. The van der Waals surface area contributed by atoms with Crippen molar-refractivity contribution in [2.24, 2.45) is 0 Å². The summed E-state index contributed by atoms with van der Waals surface area (Å²) in [4.78, 5) is 0. The van der Waals surface area contributed by atoms with Crippen LogP contribution in [0, 0.1) is 13.8 Å². The quantitative estimate of drug-likeness (QED) is 0.510. The smallest absolute Gasteiger partial charge is 0.0266 e. The minimum absolute atomic E-state index is 1.01. The minimum atomic E-state index is 1.01. The molecular weight excluding hydrogens is 187 g/mol. The van der Waals surface area contributed by atoms with E-state index in [1.165, 1.54) is 36.6 Å². The summed E-state index contributed by atoms with van der Waals surface area (Å²) < 4.78 is 0. The van der Waals surface area contributed by atoms with E-state index in [1.54, 1.807) is 5.30 Å². The summed E-state index contributed by atoms with van der Waals surface area (Å²) in [7, 11) is 1.01. The van der Waals surface area contributed by atoms with E-state index >= 15 is 0 Å². The van der Waals surface area contributed by atoms with Gasteiger partial charge in [-0.1, -0.05) is 57.7 Å². The van der Waals surface area contributed by atoms with Crippen molar-refractivity contribution in [1.29, 1.82) is 0 Å². The van der Waals surface area contributed by atoms with Crippen LogP contribution in [0.1, 0.15) is 37.3 Å². The summed E-state index contributed by atoms with van der Waals surface area (Å²) >= 11 is 0. The highest BCUT2D eigenvalue weighted by molar-refractivity contribution is 7.47. The molecule has 1 aromatic carbocycles. The Morgan fingerprint density at radius 2 is 1.64 bits per heavy atom. The summed E-state index contributed by atoms with van der Waals surface area (Å²) in [6, 6.07) is 6.91. The summed E-state index contributed by atoms with van der Waals surface area (Å²) in [5, 5.41) is 1.54. The third-order valence-electron chi connectivity index (χ3n) is 2.33. The molecule has 1 aromatic rings. The van der Waals surface area contributed by atoms with Crippen molar-refractivity contribution in [1.82, 2.24) is 0 Å². The summed E-state index contributed by atoms with van der Waals surface area (Å²) in [6.45, 7) is 6.64. The predicted octanol–water partition coefficient (Wildman–Crippen LogP) is 3.80. The maximum absolute atomic E-state index is 2.33. The van der Waals surface area contributed by atoms with E-state index < -0.39 is 0 Å². The number of aryl methyl sites for hydroxylation is 2. The van der Waals surface area contributed by atoms with Crippen LogP contribution in [0.25, 0.3) is 0 Å². The SMILES string of the molecule is CCCCCPc1cc(C)cc(C)c1. The highest BCUT2D eigenvalue weighted by Crippen LogP contribution is 2.15. The van der Waals surface area contributed by atoms with Crippen LogP contribution in [0.3, 0.4) is 0 Å². The van der Waals surface area contributed by atoms with E-state index in [4.69, 9.17) is 0 Å². The Balaban J connectivity index is 2.42. The second-order valence-electron chi connectivity index (χ2n) is 4.01. The lowest BCUT2D eigenvalue weighted by Crippen LogP contribution is -1.97. The summed E-state index contributed by atoms with van der Waals surface area (Å²) in [6.07, 6.45) is 5.48. The molecule has 0 spiro atoms. The maximum atomic E-state index is 2.33. The van der Waals surface area contributed by atoms with Gasteiger partial charge in [-0.3, -0.25) is 0 Å². The minimum Gasteiger partial charge on any atom is -0.0904 e. The van der Waals surface area contributed by atoms with Crippen molar-refractivity contribution in [3.05, 3.63) is 29.3 Å². The second-order valence-corrected chi connectivity index (χ2v) is 5.44. The highest BCUT2D eigenvalue weighted by atomic mass is 31.1. The fraction of sp³-hybridized carbons (Fsp3) is 0.538. The van der Waals surface area contributed by atoms with Crippen molar-refractivity contribution in [3.8, 4) is 0 Å². The van der Waals surface area contributed by atoms with Crippen LogP contribution in [0.2, 0.25) is 0 Å². The number of rotatable bonds is 5. The molecule has 0 aliphatic rings. The average Bonchev–Trinajstić information content (AvgIpc) is 2.11. The van der Waals surface area contributed by atoms with E-state index in [-0.39, 0.29) is 0 Å². The molecule has 0 nitrogen and oxygen atoms in total. The fourth-order valence-corrected chi connectivity index (χ4v) is 3.06. The van der Waals surface area contributed by atoms with Gasteiger partial charge in [0.05, 0.1) is 0 Å². The molecule has 0 bridgehead atoms. The van der Waals surface area contributed by atoms with Gasteiger partial charge in [0, 0.05) is 0 Å². The topological polar surface area (TPSA) is 0 Å². The van der Waals surface area contributed by atoms with Crippen LogP contribution in [0.15, 0.2) is 18.2 Å². The monoisotopic (exact) mass is 208 g/mol. The molecule has 0 aliphatic heterocycles. The van der Waals surface area contributed by atoms with Gasteiger partial charge in [-0.25, -0.2) is 0 Å². The highest BCUT2D eigenvalue weighted by Gasteiger charge is 1.95. The van der Waals surface area contributed by atoms with Gasteiger partial charge in [-0.2, -0.15) is 0 Å². The fourth-order valence-electron chi connectivity index (χ4n) is 1.68. The molecule has 0 radical (unpaired) electrons. The number of hydrogen-bond acceptors (Lipinski definition) is 0. The zero-order valence-electron chi connectivity index (χ0n) is 9.56. The average molecular weight is 208 g/mol. The molecule has 1 rings (SSSR count). The first kappa shape index (κ1) is 11.7. The van der Waals surface area contributed by atoms with Crippen molar-refractivity contribution < 1.29 is 0 Å². The second kappa shape index (κ2) is 6.19. The summed E-state index contributed by atoms with van der Waals surface area (Å²) in [5.74, 6) is 0. The molecule has 0 fully saturated rings. The van der Waals surface area contributed by atoms with Crippen LogP contribution in [-0.2, 0) is 0 Å². The lowest BCUT2D eigenvalue weighted by Gasteiger charge is -2.04. The Hall–Kier alpha value is -0.350. The van der Waals surface area contributed by atoms with Crippen molar-refractivity contribution >= 4 is 13.9 Å². The Bertz CT molecular complexity index is 258. The van der Waals surface area contributed by atoms with Crippen LogP contribution >= 0.6 is 8.58 Å². The van der Waals surface area contributed by atoms with E-state index in [9.17, 15) is 0 Å². The van der Waals surface area contributed by atoms with Gasteiger partial charge in [-0.15, -0.1) is 0 Å². The number of unbranched alkanes of at least 4 members (excludes halogenated alkanes) is 2. The van der Waals surface area contributed by atoms with Crippen LogP contribution in [0.5, 0.6) is 0 Å². The molecule has 0 heterocycles. The molecular formula is C13H21P. The lowest BCUT2D eigenvalue weighted by molar-refractivity contribution is 0.778. The van der Waals surface area contributed by atoms with Gasteiger partial charge >= 0.3 is 0 Å². The van der Waals surface area contributed by atoms with Gasteiger partial charge in [-0.05, 0) is 31.7 Å². The van der Waals surface area contributed by atoms with Gasteiger partial charge in [0.25, 0.3) is 0 Å². The molecule has 14 heavy (non-hydrogen) atoms.